The molecule has 3 rings (SSSR count). The molecule has 0 aromatic carbocycles. The number of likely N-dealkylation sites (tertiary alicyclic amines) is 1. The molecule has 1 aromatic heterocycles. The van der Waals surface area contributed by atoms with Crippen LogP contribution >= 0.6 is 11.6 Å². The zero-order chi connectivity index (χ0) is 15.4. The summed E-state index contributed by atoms with van der Waals surface area (Å²) in [4.78, 5) is 16.7. The Morgan fingerprint density at radius 2 is 2.47 bits per heavy atom. The maximum absolute atomic E-state index is 11.4. The number of piperidine rings is 1. The predicted octanol–water partition coefficient (Wildman–Crippen LogP) is 2.64. The van der Waals surface area contributed by atoms with Crippen LogP contribution in [0.25, 0.3) is 0 Å². The van der Waals surface area contributed by atoms with Crippen LogP contribution < -0.4 is 4.74 Å². The van der Waals surface area contributed by atoms with E-state index in [0.29, 0.717) is 11.4 Å². The van der Waals surface area contributed by atoms with Crippen LogP contribution in [0.1, 0.15) is 22.5 Å². The number of aromatic nitrogens is 1. The van der Waals surface area contributed by atoms with Crippen LogP contribution in [0.15, 0.2) is 18.3 Å². The minimum absolute atomic E-state index is 0.249. The van der Waals surface area contributed by atoms with Gasteiger partial charge >= 0.3 is 6.09 Å². The van der Waals surface area contributed by atoms with Gasteiger partial charge in [-0.05, 0) is 31.7 Å². The summed E-state index contributed by atoms with van der Waals surface area (Å²) in [6, 6.07) is 2.32. The number of nitrogens with zero attached hydrogens (tertiary/aromatic N) is 2. The molecule has 2 aliphatic rings. The Morgan fingerprint density at radius 1 is 1.68 bits per heavy atom. The lowest BCUT2D eigenvalue weighted by atomic mass is 9.99. The first-order chi connectivity index (χ1) is 9.82. The van der Waals surface area contributed by atoms with E-state index >= 15 is 0 Å². The molecule has 2 bridgehead atoms. The fourth-order valence-electron chi connectivity index (χ4n) is 2.86. The third-order valence-electron chi connectivity index (χ3n) is 3.77. The first-order valence-electron chi connectivity index (χ1n) is 7.12. The highest BCUT2D eigenvalue weighted by Crippen LogP contribution is 2.43. The lowest BCUT2D eigenvalue weighted by Gasteiger charge is -2.35. The monoisotopic (exact) mass is 284 g/mol. The van der Waals surface area contributed by atoms with Crippen LogP contribution in [0.3, 0.4) is 0 Å². The second kappa shape index (κ2) is 4.56. The summed E-state index contributed by atoms with van der Waals surface area (Å²) in [6.07, 6.45) is -1.60. The molecule has 2 heterocycles. The SMILES string of the molecule is [2H]C1([2H])C(Oc2ccc(Cl)cn2)[C@@H]2C[C@H]1[C@@H](C)N2C(=O)O. The van der Waals surface area contributed by atoms with Gasteiger partial charge in [-0.2, -0.15) is 0 Å². The standard InChI is InChI=1S/C13H15ClN2O3/c1-7-8-4-10(16(7)13(17)18)11(5-8)19-12-3-2-9(14)6-15-12/h2-3,6-8,10-11H,4-5H2,1H3,(H,17,18)/t7-,8-,10+,11?/m1/s1/i5D2. The maximum atomic E-state index is 11.4. The van der Waals surface area contributed by atoms with E-state index in [9.17, 15) is 9.90 Å². The summed E-state index contributed by atoms with van der Waals surface area (Å²) in [5.41, 5.74) is 0. The molecule has 5 nitrogen and oxygen atoms in total. The van der Waals surface area contributed by atoms with Gasteiger partial charge in [0.1, 0.15) is 6.10 Å². The van der Waals surface area contributed by atoms with Crippen LogP contribution in [0.2, 0.25) is 5.02 Å². The number of pyridine rings is 1. The van der Waals surface area contributed by atoms with Crippen molar-refractivity contribution in [3.63, 3.8) is 0 Å². The molecule has 1 aromatic rings. The fourth-order valence-corrected chi connectivity index (χ4v) is 2.97. The zero-order valence-electron chi connectivity index (χ0n) is 12.3. The quantitative estimate of drug-likeness (QED) is 0.907. The van der Waals surface area contributed by atoms with Gasteiger partial charge in [0.15, 0.2) is 0 Å². The van der Waals surface area contributed by atoms with Crippen molar-refractivity contribution in [2.45, 2.75) is 37.9 Å². The van der Waals surface area contributed by atoms with E-state index in [4.69, 9.17) is 19.1 Å². The Labute approximate surface area is 119 Å². The van der Waals surface area contributed by atoms with Gasteiger partial charge in [0.05, 0.1) is 11.1 Å². The number of fused-ring (bicyclic) bond motifs is 2. The number of carbonyl (C=O) groups is 1. The first kappa shape index (κ1) is 10.3. The fraction of sp³-hybridized carbons (Fsp3) is 0.538. The van der Waals surface area contributed by atoms with Gasteiger partial charge in [-0.1, -0.05) is 11.6 Å². The van der Waals surface area contributed by atoms with Gasteiger partial charge in [-0.15, -0.1) is 0 Å². The van der Waals surface area contributed by atoms with E-state index < -0.39 is 24.6 Å². The average molecular weight is 285 g/mol. The lowest BCUT2D eigenvalue weighted by molar-refractivity contribution is 0.0434. The van der Waals surface area contributed by atoms with Crippen molar-refractivity contribution < 1.29 is 17.4 Å². The molecular formula is C13H15ClN2O3. The molecule has 1 unspecified atom stereocenters. The number of hydrogen-bond acceptors (Lipinski definition) is 3. The van der Waals surface area contributed by atoms with Crippen molar-refractivity contribution in [1.82, 2.24) is 9.88 Å². The molecule has 1 aliphatic heterocycles. The van der Waals surface area contributed by atoms with Crippen molar-refractivity contribution in [2.75, 3.05) is 0 Å². The summed E-state index contributed by atoms with van der Waals surface area (Å²) in [5.74, 6) is -0.116. The van der Waals surface area contributed by atoms with E-state index in [2.05, 4.69) is 4.98 Å². The first-order valence-corrected chi connectivity index (χ1v) is 6.49. The summed E-state index contributed by atoms with van der Waals surface area (Å²) in [6.45, 7) is 1.74. The van der Waals surface area contributed by atoms with E-state index in [1.54, 1.807) is 19.1 Å². The molecule has 4 atom stereocenters. The Hall–Kier alpha value is -1.49. The Balaban J connectivity index is 1.87. The minimum atomic E-state index is -1.59. The van der Waals surface area contributed by atoms with Gasteiger partial charge in [-0.3, -0.25) is 4.90 Å². The van der Waals surface area contributed by atoms with Crippen molar-refractivity contribution in [3.8, 4) is 5.88 Å². The molecular weight excluding hydrogens is 268 g/mol. The second-order valence-electron chi connectivity index (χ2n) is 4.86. The van der Waals surface area contributed by atoms with Crippen LogP contribution in [0.4, 0.5) is 4.79 Å². The average Bonchev–Trinajstić information content (AvgIpc) is 2.86. The molecule has 0 radical (unpaired) electrons. The third kappa shape index (κ3) is 2.12. The van der Waals surface area contributed by atoms with E-state index in [1.807, 2.05) is 0 Å². The minimum Gasteiger partial charge on any atom is -0.472 e. The molecule has 1 N–H and O–H groups in total. The highest BCUT2D eigenvalue weighted by molar-refractivity contribution is 6.30. The van der Waals surface area contributed by atoms with Gasteiger partial charge < -0.3 is 9.84 Å². The Bertz CT molecular complexity index is 569. The number of amides is 1. The van der Waals surface area contributed by atoms with Crippen LogP contribution in [-0.4, -0.2) is 39.3 Å². The molecule has 1 aliphatic carbocycles. The molecule has 19 heavy (non-hydrogen) atoms. The third-order valence-corrected chi connectivity index (χ3v) is 3.99. The zero-order valence-corrected chi connectivity index (χ0v) is 11.0. The van der Waals surface area contributed by atoms with Crippen molar-refractivity contribution >= 4 is 17.7 Å². The number of hydrogen-bond donors (Lipinski definition) is 1. The summed E-state index contributed by atoms with van der Waals surface area (Å²) < 4.78 is 22.2. The van der Waals surface area contributed by atoms with Gasteiger partial charge in [0, 0.05) is 21.0 Å². The molecule has 102 valence electrons. The largest absolute Gasteiger partial charge is 0.472 e. The van der Waals surface area contributed by atoms with Crippen molar-refractivity contribution in [3.05, 3.63) is 23.4 Å². The molecule has 1 amide bonds. The normalized spacial score (nSPS) is 36.8. The van der Waals surface area contributed by atoms with E-state index in [1.165, 1.54) is 11.1 Å². The Morgan fingerprint density at radius 3 is 3.05 bits per heavy atom. The summed E-state index contributed by atoms with van der Waals surface area (Å²) in [7, 11) is 0. The van der Waals surface area contributed by atoms with Gasteiger partial charge in [0.25, 0.3) is 0 Å². The number of rotatable bonds is 2. The van der Waals surface area contributed by atoms with Crippen LogP contribution in [0, 0.1) is 5.92 Å². The predicted molar refractivity (Wildman–Crippen MR) is 69.5 cm³/mol. The maximum Gasteiger partial charge on any atom is 0.407 e. The van der Waals surface area contributed by atoms with Crippen LogP contribution in [-0.2, 0) is 0 Å². The van der Waals surface area contributed by atoms with Gasteiger partial charge in [-0.25, -0.2) is 9.78 Å². The number of carboxylic acid groups (broad SMARTS) is 1. The number of halogens is 1. The lowest BCUT2D eigenvalue weighted by Crippen LogP contribution is -2.50. The molecule has 2 fully saturated rings. The summed E-state index contributed by atoms with van der Waals surface area (Å²) >= 11 is 5.75. The second-order valence-corrected chi connectivity index (χ2v) is 5.30. The molecule has 6 heteroatoms. The van der Waals surface area contributed by atoms with E-state index in [-0.39, 0.29) is 17.8 Å². The highest BCUT2D eigenvalue weighted by Gasteiger charge is 2.52. The highest BCUT2D eigenvalue weighted by atomic mass is 35.5. The van der Waals surface area contributed by atoms with Crippen molar-refractivity contribution in [1.29, 1.82) is 0 Å². The van der Waals surface area contributed by atoms with Crippen molar-refractivity contribution in [2.24, 2.45) is 5.92 Å². The Kier molecular flexibility index (Phi) is 2.48. The number of ether oxygens (including phenoxy) is 1. The van der Waals surface area contributed by atoms with E-state index in [0.717, 1.165) is 0 Å². The molecule has 1 saturated carbocycles. The molecule has 0 spiro atoms. The topological polar surface area (TPSA) is 62.7 Å². The summed E-state index contributed by atoms with van der Waals surface area (Å²) in [5, 5.41) is 9.77. The smallest absolute Gasteiger partial charge is 0.407 e. The molecule has 1 saturated heterocycles. The van der Waals surface area contributed by atoms with Crippen LogP contribution in [0.5, 0.6) is 5.88 Å². The van der Waals surface area contributed by atoms with Gasteiger partial charge in [0.2, 0.25) is 5.88 Å².